The number of ether oxygens (including phenoxy) is 1. The van der Waals surface area contributed by atoms with Crippen LogP contribution in [0.5, 0.6) is 11.5 Å². The Balaban J connectivity index is 2.22. The zero-order valence-electron chi connectivity index (χ0n) is 24.3. The number of benzene rings is 1. The Morgan fingerprint density at radius 1 is 1.15 bits per heavy atom. The van der Waals surface area contributed by atoms with Crippen LogP contribution in [0.2, 0.25) is 0 Å². The van der Waals surface area contributed by atoms with Crippen molar-refractivity contribution in [3.63, 3.8) is 0 Å². The zero-order valence-corrected chi connectivity index (χ0v) is 24.3. The summed E-state index contributed by atoms with van der Waals surface area (Å²) in [4.78, 5) is 34.9. The number of fused-ring (bicyclic) bond motifs is 1. The lowest BCUT2D eigenvalue weighted by atomic mass is 9.75. The van der Waals surface area contributed by atoms with Gasteiger partial charge in [-0.1, -0.05) is 43.6 Å². The summed E-state index contributed by atoms with van der Waals surface area (Å²) in [6.45, 7) is 9.75. The average molecular weight is 560 g/mol. The third-order valence-corrected chi connectivity index (χ3v) is 7.72. The van der Waals surface area contributed by atoms with Gasteiger partial charge in [0.1, 0.15) is 6.04 Å². The van der Waals surface area contributed by atoms with Gasteiger partial charge < -0.3 is 30.5 Å². The third kappa shape index (κ3) is 9.20. The number of aliphatic hydroxyl groups is 1. The molecule has 0 spiro atoms. The molecule has 1 aromatic carbocycles. The number of carboxylic acid groups (broad SMARTS) is 2. The molecular formula is C31H45NO8. The van der Waals surface area contributed by atoms with Crippen molar-refractivity contribution >= 4 is 18.2 Å². The molecule has 1 aromatic rings. The summed E-state index contributed by atoms with van der Waals surface area (Å²) in [6.07, 6.45) is 8.35. The molecule has 0 bridgehead atoms. The number of aliphatic carboxylic acids is 2. The van der Waals surface area contributed by atoms with E-state index in [4.69, 9.17) is 9.84 Å². The number of hydrogen-bond donors (Lipinski definition) is 5. The van der Waals surface area contributed by atoms with Gasteiger partial charge in [0.15, 0.2) is 17.8 Å². The third-order valence-electron chi connectivity index (χ3n) is 7.72. The molecule has 0 amide bonds. The first-order valence-electron chi connectivity index (χ1n) is 13.9. The summed E-state index contributed by atoms with van der Waals surface area (Å²) in [5.41, 5.74) is 3.13. The van der Waals surface area contributed by atoms with Crippen LogP contribution >= 0.6 is 0 Å². The standard InChI is InChI=1S/C31H45NO8/c1-19(2)9-6-10-20(3)11-8-14-31(5)16-23-24(22(18-33)15-26(34)27(23)40-30(31)39)17-32-25(29(37)38)13-7-12-21(4)28(35)36/h9,11,15,18,21,25,30,32,34,39H,6-8,10,12-14,16-17H2,1-5H3,(H,35,36)(H,37,38)/b20-11+/t21?,25?,30-,31+/m0/s1. The molecule has 0 radical (unpaired) electrons. The van der Waals surface area contributed by atoms with Crippen LogP contribution in [0, 0.1) is 11.3 Å². The number of phenolic OH excluding ortho intramolecular Hbond substituents is 1. The first-order valence-corrected chi connectivity index (χ1v) is 13.9. The first-order chi connectivity index (χ1) is 18.8. The number of phenols is 1. The molecule has 0 saturated carbocycles. The fourth-order valence-electron chi connectivity index (χ4n) is 4.98. The molecule has 2 rings (SSSR count). The lowest BCUT2D eigenvalue weighted by Crippen LogP contribution is -2.43. The predicted octanol–water partition coefficient (Wildman–Crippen LogP) is 5.37. The number of aldehydes is 1. The lowest BCUT2D eigenvalue weighted by Gasteiger charge is -2.40. The minimum Gasteiger partial charge on any atom is -0.504 e. The molecule has 0 saturated heterocycles. The molecule has 9 heteroatoms. The van der Waals surface area contributed by atoms with Crippen molar-refractivity contribution in [2.24, 2.45) is 11.3 Å². The van der Waals surface area contributed by atoms with Gasteiger partial charge in [-0.25, -0.2) is 0 Å². The molecule has 5 N–H and O–H groups in total. The second kappa shape index (κ2) is 15.0. The van der Waals surface area contributed by atoms with Crippen molar-refractivity contribution in [1.82, 2.24) is 5.32 Å². The Bertz CT molecular complexity index is 1120. The smallest absolute Gasteiger partial charge is 0.320 e. The van der Waals surface area contributed by atoms with E-state index in [1.165, 1.54) is 17.2 Å². The maximum Gasteiger partial charge on any atom is 0.320 e. The van der Waals surface area contributed by atoms with E-state index in [9.17, 15) is 29.7 Å². The fraction of sp³-hybridized carbons (Fsp3) is 0.581. The molecular weight excluding hydrogens is 514 g/mol. The zero-order chi connectivity index (χ0) is 30.0. The van der Waals surface area contributed by atoms with Gasteiger partial charge in [-0.3, -0.25) is 14.4 Å². The fourth-order valence-corrected chi connectivity index (χ4v) is 4.98. The van der Waals surface area contributed by atoms with Crippen molar-refractivity contribution in [1.29, 1.82) is 0 Å². The quantitative estimate of drug-likeness (QED) is 0.133. The SMILES string of the molecule is CC(C)=CCC/C(C)=C/CC[C@]1(C)Cc2c(CNC(CCCC(C)C(=O)O)C(=O)O)c(C=O)cc(O)c2O[C@@H]1O. The molecule has 1 heterocycles. The van der Waals surface area contributed by atoms with Gasteiger partial charge in [0.25, 0.3) is 0 Å². The molecule has 1 aliphatic heterocycles. The molecule has 1 aliphatic rings. The minimum atomic E-state index is -1.17. The van der Waals surface area contributed by atoms with Crippen molar-refractivity contribution in [2.75, 3.05) is 0 Å². The molecule has 2 unspecified atom stereocenters. The molecule has 9 nitrogen and oxygen atoms in total. The van der Waals surface area contributed by atoms with Crippen molar-refractivity contribution in [3.8, 4) is 11.5 Å². The van der Waals surface area contributed by atoms with Crippen LogP contribution in [0.25, 0.3) is 0 Å². The summed E-state index contributed by atoms with van der Waals surface area (Å²) < 4.78 is 5.80. The van der Waals surface area contributed by atoms with E-state index in [2.05, 4.69) is 38.2 Å². The summed E-state index contributed by atoms with van der Waals surface area (Å²) in [5.74, 6) is -2.73. The topological polar surface area (TPSA) is 153 Å². The van der Waals surface area contributed by atoms with Gasteiger partial charge in [-0.15, -0.1) is 0 Å². The van der Waals surface area contributed by atoms with E-state index in [0.29, 0.717) is 43.1 Å². The van der Waals surface area contributed by atoms with Gasteiger partial charge in [0, 0.05) is 23.1 Å². The average Bonchev–Trinajstić information content (AvgIpc) is 2.87. The molecule has 222 valence electrons. The predicted molar refractivity (Wildman–Crippen MR) is 153 cm³/mol. The highest BCUT2D eigenvalue weighted by atomic mass is 16.6. The highest BCUT2D eigenvalue weighted by Gasteiger charge is 2.41. The Morgan fingerprint density at radius 3 is 2.45 bits per heavy atom. The highest BCUT2D eigenvalue weighted by Crippen LogP contribution is 2.47. The Morgan fingerprint density at radius 2 is 1.85 bits per heavy atom. The van der Waals surface area contributed by atoms with Crippen LogP contribution in [-0.2, 0) is 22.6 Å². The normalized spacial score (nSPS) is 20.1. The second-order valence-electron chi connectivity index (χ2n) is 11.5. The Hall–Kier alpha value is -3.17. The second-order valence-corrected chi connectivity index (χ2v) is 11.5. The highest BCUT2D eigenvalue weighted by molar-refractivity contribution is 5.81. The molecule has 40 heavy (non-hydrogen) atoms. The summed E-state index contributed by atoms with van der Waals surface area (Å²) in [6, 6.07) is 0.312. The van der Waals surface area contributed by atoms with Crippen LogP contribution in [0.4, 0.5) is 0 Å². The number of carboxylic acids is 2. The summed E-state index contributed by atoms with van der Waals surface area (Å²) >= 11 is 0. The van der Waals surface area contributed by atoms with Crippen LogP contribution in [-0.4, -0.2) is 51.0 Å². The van der Waals surface area contributed by atoms with Gasteiger partial charge >= 0.3 is 11.9 Å². The van der Waals surface area contributed by atoms with E-state index >= 15 is 0 Å². The monoisotopic (exact) mass is 559 g/mol. The minimum absolute atomic E-state index is 0.0288. The number of hydrogen-bond acceptors (Lipinski definition) is 7. The summed E-state index contributed by atoms with van der Waals surface area (Å²) in [5, 5.41) is 43.2. The van der Waals surface area contributed by atoms with E-state index in [1.54, 1.807) is 6.92 Å². The first kappa shape index (κ1) is 33.0. The molecule has 0 aliphatic carbocycles. The molecule has 4 atom stereocenters. The van der Waals surface area contributed by atoms with Gasteiger partial charge in [0.2, 0.25) is 6.29 Å². The van der Waals surface area contributed by atoms with E-state index in [1.807, 2.05) is 6.92 Å². The Kier molecular flexibility index (Phi) is 12.4. The van der Waals surface area contributed by atoms with Gasteiger partial charge in [-0.2, -0.15) is 0 Å². The van der Waals surface area contributed by atoms with Crippen LogP contribution in [0.15, 0.2) is 29.4 Å². The van der Waals surface area contributed by atoms with Crippen LogP contribution in [0.1, 0.15) is 101 Å². The largest absolute Gasteiger partial charge is 0.504 e. The van der Waals surface area contributed by atoms with Crippen molar-refractivity contribution < 1.29 is 39.5 Å². The lowest BCUT2D eigenvalue weighted by molar-refractivity contribution is -0.141. The van der Waals surface area contributed by atoms with E-state index in [-0.39, 0.29) is 30.0 Å². The van der Waals surface area contributed by atoms with Gasteiger partial charge in [-0.05, 0) is 77.3 Å². The maximum atomic E-state index is 11.9. The molecule has 0 aromatic heterocycles. The van der Waals surface area contributed by atoms with Gasteiger partial charge in [0.05, 0.1) is 5.92 Å². The van der Waals surface area contributed by atoms with Crippen LogP contribution < -0.4 is 10.1 Å². The van der Waals surface area contributed by atoms with Crippen molar-refractivity contribution in [2.45, 2.75) is 105 Å². The van der Waals surface area contributed by atoms with E-state index < -0.39 is 35.6 Å². The molecule has 0 fully saturated rings. The number of allylic oxidation sites excluding steroid dienone is 4. The number of rotatable bonds is 16. The number of aromatic hydroxyl groups is 1. The number of carbonyl (C=O) groups excluding carboxylic acids is 1. The van der Waals surface area contributed by atoms with E-state index in [0.717, 1.165) is 19.3 Å². The van der Waals surface area contributed by atoms with Crippen LogP contribution in [0.3, 0.4) is 0 Å². The maximum absolute atomic E-state index is 11.9. The number of carbonyl (C=O) groups is 3. The van der Waals surface area contributed by atoms with Crippen molar-refractivity contribution in [3.05, 3.63) is 46.1 Å². The number of nitrogens with one attached hydrogen (secondary N) is 1. The Labute approximate surface area is 236 Å². The number of aliphatic hydroxyl groups excluding tert-OH is 1. The summed E-state index contributed by atoms with van der Waals surface area (Å²) in [7, 11) is 0.